The summed E-state index contributed by atoms with van der Waals surface area (Å²) in [6.45, 7) is 5.03. The molecule has 0 radical (unpaired) electrons. The molecule has 1 unspecified atom stereocenters. The number of carbonyl (C=O) groups excluding carboxylic acids is 2. The summed E-state index contributed by atoms with van der Waals surface area (Å²) in [5.41, 5.74) is -2.88. The van der Waals surface area contributed by atoms with Gasteiger partial charge in [0.2, 0.25) is 5.82 Å². The number of amides is 1. The Kier molecular flexibility index (Phi) is 6.96. The molecule has 1 aromatic heterocycles. The number of alkyl halides is 3. The Morgan fingerprint density at radius 2 is 1.94 bits per heavy atom. The lowest BCUT2D eigenvalue weighted by atomic mass is 10.1. The second kappa shape index (κ2) is 8.94. The minimum Gasteiger partial charge on any atom is -0.469 e. The summed E-state index contributed by atoms with van der Waals surface area (Å²) >= 11 is 0. The van der Waals surface area contributed by atoms with Crippen molar-refractivity contribution in [1.29, 1.82) is 0 Å². The molecule has 0 aromatic carbocycles. The number of esters is 1. The summed E-state index contributed by atoms with van der Waals surface area (Å²) in [5, 5.41) is 11.5. The first kappa shape index (κ1) is 24.2. The quantitative estimate of drug-likeness (QED) is 0.392. The second-order valence-electron chi connectivity index (χ2n) is 7.88. The molecule has 1 aliphatic heterocycles. The first-order valence-corrected chi connectivity index (χ1v) is 9.26. The SMILES string of the molecule is COC(=O)CC1CN(C(=O)OC(C)(C)C)CCN1c1ncc(C(F)(F)F)cc1[N+](=O)[O-]. The number of methoxy groups -OCH3 is 1. The Labute approximate surface area is 176 Å². The minimum atomic E-state index is -4.81. The average molecular weight is 448 g/mol. The van der Waals surface area contributed by atoms with E-state index in [2.05, 4.69) is 9.72 Å². The number of piperazine rings is 1. The molecule has 1 saturated heterocycles. The summed E-state index contributed by atoms with van der Waals surface area (Å²) in [5.74, 6) is -0.980. The van der Waals surface area contributed by atoms with Gasteiger partial charge in [0.15, 0.2) is 0 Å². The van der Waals surface area contributed by atoms with E-state index >= 15 is 0 Å². The molecule has 0 N–H and O–H groups in total. The third kappa shape index (κ3) is 6.18. The van der Waals surface area contributed by atoms with E-state index in [9.17, 15) is 32.9 Å². The molecule has 1 amide bonds. The van der Waals surface area contributed by atoms with Crippen LogP contribution in [0.1, 0.15) is 32.8 Å². The van der Waals surface area contributed by atoms with Gasteiger partial charge >= 0.3 is 23.9 Å². The van der Waals surface area contributed by atoms with Crippen LogP contribution >= 0.6 is 0 Å². The highest BCUT2D eigenvalue weighted by Crippen LogP contribution is 2.36. The monoisotopic (exact) mass is 448 g/mol. The molecule has 1 atom stereocenters. The van der Waals surface area contributed by atoms with Crippen LogP contribution in [-0.4, -0.2) is 65.3 Å². The van der Waals surface area contributed by atoms with Crippen molar-refractivity contribution >= 4 is 23.6 Å². The Morgan fingerprint density at radius 3 is 2.45 bits per heavy atom. The molecule has 10 nitrogen and oxygen atoms in total. The van der Waals surface area contributed by atoms with Gasteiger partial charge in [-0.05, 0) is 20.8 Å². The van der Waals surface area contributed by atoms with Gasteiger partial charge in [-0.3, -0.25) is 14.9 Å². The maximum Gasteiger partial charge on any atom is 0.418 e. The van der Waals surface area contributed by atoms with Gasteiger partial charge in [0.25, 0.3) is 0 Å². The molecule has 172 valence electrons. The van der Waals surface area contributed by atoms with E-state index in [0.29, 0.717) is 12.3 Å². The van der Waals surface area contributed by atoms with Crippen molar-refractivity contribution in [2.24, 2.45) is 0 Å². The zero-order valence-electron chi connectivity index (χ0n) is 17.4. The number of nitro groups is 1. The van der Waals surface area contributed by atoms with Crippen LogP contribution in [0.4, 0.5) is 29.5 Å². The van der Waals surface area contributed by atoms with Crippen molar-refractivity contribution in [2.45, 2.75) is 45.0 Å². The first-order chi connectivity index (χ1) is 14.2. The molecule has 0 spiro atoms. The average Bonchev–Trinajstić information content (AvgIpc) is 2.65. The fourth-order valence-corrected chi connectivity index (χ4v) is 3.03. The number of rotatable bonds is 4. The van der Waals surface area contributed by atoms with Gasteiger partial charge in [-0.15, -0.1) is 0 Å². The predicted octanol–water partition coefficient (Wildman–Crippen LogP) is 3.00. The van der Waals surface area contributed by atoms with Crippen molar-refractivity contribution in [3.8, 4) is 0 Å². The van der Waals surface area contributed by atoms with Crippen LogP contribution in [0.25, 0.3) is 0 Å². The molecule has 13 heteroatoms. The number of hydrogen-bond donors (Lipinski definition) is 0. The van der Waals surface area contributed by atoms with Crippen LogP contribution in [-0.2, 0) is 20.4 Å². The van der Waals surface area contributed by atoms with Crippen LogP contribution in [0.15, 0.2) is 12.3 Å². The van der Waals surface area contributed by atoms with E-state index in [1.807, 2.05) is 0 Å². The summed E-state index contributed by atoms with van der Waals surface area (Å²) in [7, 11) is 1.15. The van der Waals surface area contributed by atoms with Gasteiger partial charge in [0, 0.05) is 31.9 Å². The maximum absolute atomic E-state index is 13.0. The summed E-state index contributed by atoms with van der Waals surface area (Å²) in [6, 6.07) is -0.422. The van der Waals surface area contributed by atoms with Gasteiger partial charge in [-0.25, -0.2) is 9.78 Å². The van der Waals surface area contributed by atoms with E-state index in [0.717, 1.165) is 7.11 Å². The van der Waals surface area contributed by atoms with Crippen molar-refractivity contribution in [3.05, 3.63) is 27.9 Å². The molecule has 0 aliphatic carbocycles. The first-order valence-electron chi connectivity index (χ1n) is 9.26. The van der Waals surface area contributed by atoms with Gasteiger partial charge < -0.3 is 19.3 Å². The van der Waals surface area contributed by atoms with E-state index in [4.69, 9.17) is 4.74 Å². The third-order valence-electron chi connectivity index (χ3n) is 4.41. The van der Waals surface area contributed by atoms with Crippen molar-refractivity contribution in [3.63, 3.8) is 0 Å². The van der Waals surface area contributed by atoms with Crippen LogP contribution in [0, 0.1) is 10.1 Å². The third-order valence-corrected chi connectivity index (χ3v) is 4.41. The molecular formula is C18H23F3N4O6. The number of ether oxygens (including phenoxy) is 2. The summed E-state index contributed by atoms with van der Waals surface area (Å²) in [4.78, 5) is 41.1. The Hall–Kier alpha value is -3.12. The fourth-order valence-electron chi connectivity index (χ4n) is 3.03. The lowest BCUT2D eigenvalue weighted by Crippen LogP contribution is -2.56. The smallest absolute Gasteiger partial charge is 0.418 e. The van der Waals surface area contributed by atoms with Crippen molar-refractivity contribution < 1.29 is 37.2 Å². The van der Waals surface area contributed by atoms with Crippen LogP contribution in [0.2, 0.25) is 0 Å². The van der Waals surface area contributed by atoms with E-state index < -0.39 is 46.1 Å². The summed E-state index contributed by atoms with van der Waals surface area (Å²) in [6.07, 6.45) is -5.22. The van der Waals surface area contributed by atoms with Gasteiger partial charge in [-0.1, -0.05) is 0 Å². The molecular weight excluding hydrogens is 425 g/mol. The van der Waals surface area contributed by atoms with Gasteiger partial charge in [-0.2, -0.15) is 13.2 Å². The second-order valence-corrected chi connectivity index (χ2v) is 7.88. The number of pyridine rings is 1. The highest BCUT2D eigenvalue weighted by atomic mass is 19.4. The van der Waals surface area contributed by atoms with E-state index in [-0.39, 0.29) is 31.9 Å². The fraction of sp³-hybridized carbons (Fsp3) is 0.611. The normalized spacial score (nSPS) is 17.3. The van der Waals surface area contributed by atoms with Crippen molar-refractivity contribution in [1.82, 2.24) is 9.88 Å². The lowest BCUT2D eigenvalue weighted by Gasteiger charge is -2.41. The van der Waals surface area contributed by atoms with Gasteiger partial charge in [0.1, 0.15) is 5.60 Å². The molecule has 0 bridgehead atoms. The lowest BCUT2D eigenvalue weighted by molar-refractivity contribution is -0.384. The zero-order valence-corrected chi connectivity index (χ0v) is 17.4. The minimum absolute atomic E-state index is 0.0138. The zero-order chi connectivity index (χ0) is 23.6. The Morgan fingerprint density at radius 1 is 1.29 bits per heavy atom. The maximum atomic E-state index is 13.0. The number of halogens is 3. The topological polar surface area (TPSA) is 115 Å². The standard InChI is InChI=1S/C18H23F3N4O6/c1-17(2,3)31-16(27)23-5-6-24(12(10-23)8-14(26)30-4)15-13(25(28)29)7-11(9-22-15)18(19,20)21/h7,9,12H,5-6,8,10H2,1-4H3. The largest absolute Gasteiger partial charge is 0.469 e. The number of anilines is 1. The van der Waals surface area contributed by atoms with Crippen LogP contribution in [0.5, 0.6) is 0 Å². The van der Waals surface area contributed by atoms with Crippen molar-refractivity contribution in [2.75, 3.05) is 31.6 Å². The number of carbonyl (C=O) groups is 2. The summed E-state index contributed by atoms with van der Waals surface area (Å²) < 4.78 is 48.9. The molecule has 1 aliphatic rings. The molecule has 2 heterocycles. The molecule has 1 aromatic rings. The number of hydrogen-bond acceptors (Lipinski definition) is 8. The Bertz CT molecular complexity index is 856. The number of nitrogens with zero attached hydrogens (tertiary/aromatic N) is 4. The highest BCUT2D eigenvalue weighted by Gasteiger charge is 2.39. The predicted molar refractivity (Wildman–Crippen MR) is 101 cm³/mol. The Balaban J connectivity index is 2.39. The van der Waals surface area contributed by atoms with Crippen LogP contribution < -0.4 is 4.90 Å². The number of aromatic nitrogens is 1. The molecule has 0 saturated carbocycles. The van der Waals surface area contributed by atoms with Crippen LogP contribution in [0.3, 0.4) is 0 Å². The molecule has 31 heavy (non-hydrogen) atoms. The van der Waals surface area contributed by atoms with E-state index in [1.54, 1.807) is 20.8 Å². The van der Waals surface area contributed by atoms with Gasteiger partial charge in [0.05, 0.1) is 30.1 Å². The van der Waals surface area contributed by atoms with E-state index in [1.165, 1.54) is 9.80 Å². The molecule has 1 fully saturated rings. The highest BCUT2D eigenvalue weighted by molar-refractivity contribution is 5.73. The molecule has 2 rings (SSSR count).